The van der Waals surface area contributed by atoms with Crippen LogP contribution in [-0.2, 0) is 6.42 Å². The molecule has 0 radical (unpaired) electrons. The Morgan fingerprint density at radius 1 is 0.929 bits per heavy atom. The number of allylic oxidation sites excluding steroid dienone is 5. The van der Waals surface area contributed by atoms with Crippen LogP contribution in [0.15, 0.2) is 61.2 Å². The minimum atomic E-state index is 0.0550. The summed E-state index contributed by atoms with van der Waals surface area (Å²) in [6.45, 7) is 6.42. The molecule has 0 unspecified atom stereocenters. The molecule has 1 rings (SSSR count). The van der Waals surface area contributed by atoms with Gasteiger partial charge in [-0.1, -0.05) is 73.9 Å². The van der Waals surface area contributed by atoms with Gasteiger partial charge in [-0.05, 0) is 57.1 Å². The Morgan fingerprint density at radius 2 is 1.68 bits per heavy atom. The van der Waals surface area contributed by atoms with Crippen molar-refractivity contribution in [3.05, 3.63) is 72.4 Å². The molecule has 0 bridgehead atoms. The van der Waals surface area contributed by atoms with Gasteiger partial charge >= 0.3 is 0 Å². The van der Waals surface area contributed by atoms with Crippen molar-refractivity contribution in [1.82, 2.24) is 0 Å². The summed E-state index contributed by atoms with van der Waals surface area (Å²) in [5, 5.41) is 9.10. The molecule has 28 heavy (non-hydrogen) atoms. The zero-order valence-corrected chi connectivity index (χ0v) is 17.6. The SMILES string of the molecule is C=CC/C=C\C/C=C\CCCCCCCc1cccc(OCC)c1/C=C/CO. The first kappa shape index (κ1) is 24.0. The number of aryl methyl sites for hydroxylation is 1. The van der Waals surface area contributed by atoms with Crippen molar-refractivity contribution < 1.29 is 9.84 Å². The number of hydrogen-bond acceptors (Lipinski definition) is 2. The fraction of sp³-hybridized carbons (Fsp3) is 0.462. The zero-order chi connectivity index (χ0) is 20.3. The van der Waals surface area contributed by atoms with Crippen LogP contribution in [0.1, 0.15) is 69.4 Å². The van der Waals surface area contributed by atoms with Crippen LogP contribution >= 0.6 is 0 Å². The Bertz CT molecular complexity index is 611. The van der Waals surface area contributed by atoms with Gasteiger partial charge in [0.15, 0.2) is 0 Å². The Hall–Kier alpha value is -2.06. The molecule has 0 aliphatic heterocycles. The van der Waals surface area contributed by atoms with Crippen LogP contribution in [0.3, 0.4) is 0 Å². The van der Waals surface area contributed by atoms with Crippen LogP contribution in [0, 0.1) is 0 Å². The predicted octanol–water partition coefficient (Wildman–Crippen LogP) is 7.05. The van der Waals surface area contributed by atoms with E-state index in [9.17, 15) is 0 Å². The first-order valence-corrected chi connectivity index (χ1v) is 10.8. The van der Waals surface area contributed by atoms with Gasteiger partial charge in [0.25, 0.3) is 0 Å². The lowest BCUT2D eigenvalue weighted by molar-refractivity contribution is 0.338. The number of aliphatic hydroxyl groups is 1. The summed E-state index contributed by atoms with van der Waals surface area (Å²) in [6.07, 6.45) is 25.2. The topological polar surface area (TPSA) is 29.5 Å². The van der Waals surface area contributed by atoms with E-state index in [-0.39, 0.29) is 6.61 Å². The molecule has 0 amide bonds. The van der Waals surface area contributed by atoms with Crippen LogP contribution in [0.25, 0.3) is 6.08 Å². The molecule has 0 aliphatic carbocycles. The Labute approximate surface area is 172 Å². The second-order valence-corrected chi connectivity index (χ2v) is 6.86. The van der Waals surface area contributed by atoms with Gasteiger partial charge in [-0.2, -0.15) is 0 Å². The van der Waals surface area contributed by atoms with Gasteiger partial charge in [0.05, 0.1) is 13.2 Å². The monoisotopic (exact) mass is 382 g/mol. The number of aliphatic hydroxyl groups excluding tert-OH is 1. The average Bonchev–Trinajstić information content (AvgIpc) is 2.71. The molecule has 0 aliphatic rings. The fourth-order valence-electron chi connectivity index (χ4n) is 3.14. The first-order valence-electron chi connectivity index (χ1n) is 10.8. The molecule has 1 N–H and O–H groups in total. The first-order chi connectivity index (χ1) is 13.8. The van der Waals surface area contributed by atoms with Crippen LogP contribution in [0.2, 0.25) is 0 Å². The van der Waals surface area contributed by atoms with E-state index >= 15 is 0 Å². The highest BCUT2D eigenvalue weighted by Gasteiger charge is 2.06. The molecule has 1 aromatic rings. The Balaban J connectivity index is 2.25. The Morgan fingerprint density at radius 3 is 2.46 bits per heavy atom. The fourth-order valence-corrected chi connectivity index (χ4v) is 3.14. The molecule has 0 saturated heterocycles. The molecule has 0 fully saturated rings. The van der Waals surface area contributed by atoms with Crippen molar-refractivity contribution in [2.45, 2.75) is 64.7 Å². The van der Waals surface area contributed by atoms with Crippen LogP contribution in [-0.4, -0.2) is 18.3 Å². The molecule has 2 heteroatoms. The average molecular weight is 383 g/mol. The van der Waals surface area contributed by atoms with Gasteiger partial charge in [0, 0.05) is 5.56 Å². The highest BCUT2D eigenvalue weighted by atomic mass is 16.5. The van der Waals surface area contributed by atoms with Crippen LogP contribution in [0.5, 0.6) is 5.75 Å². The van der Waals surface area contributed by atoms with Crippen LogP contribution in [0.4, 0.5) is 0 Å². The molecule has 0 heterocycles. The second-order valence-electron chi connectivity index (χ2n) is 6.86. The highest BCUT2D eigenvalue weighted by molar-refractivity contribution is 5.61. The molecule has 0 atom stereocenters. The molecule has 0 spiro atoms. The van der Waals surface area contributed by atoms with Gasteiger partial charge in [-0.25, -0.2) is 0 Å². The summed E-state index contributed by atoms with van der Waals surface area (Å²) in [5.74, 6) is 0.913. The van der Waals surface area contributed by atoms with E-state index in [1.807, 2.05) is 25.1 Å². The number of unbranched alkanes of at least 4 members (excludes halogenated alkanes) is 5. The summed E-state index contributed by atoms with van der Waals surface area (Å²) in [7, 11) is 0. The van der Waals surface area contributed by atoms with Gasteiger partial charge < -0.3 is 9.84 Å². The van der Waals surface area contributed by atoms with Crippen molar-refractivity contribution in [3.8, 4) is 5.75 Å². The summed E-state index contributed by atoms with van der Waals surface area (Å²) >= 11 is 0. The van der Waals surface area contributed by atoms with Gasteiger partial charge in [0.1, 0.15) is 5.75 Å². The number of rotatable bonds is 16. The van der Waals surface area contributed by atoms with E-state index < -0.39 is 0 Å². The van der Waals surface area contributed by atoms with E-state index in [4.69, 9.17) is 9.84 Å². The summed E-state index contributed by atoms with van der Waals surface area (Å²) in [4.78, 5) is 0. The summed E-state index contributed by atoms with van der Waals surface area (Å²) < 4.78 is 5.75. The summed E-state index contributed by atoms with van der Waals surface area (Å²) in [5.41, 5.74) is 2.42. The molecule has 154 valence electrons. The molecule has 2 nitrogen and oxygen atoms in total. The van der Waals surface area contributed by atoms with Crippen molar-refractivity contribution in [3.63, 3.8) is 0 Å². The smallest absolute Gasteiger partial charge is 0.126 e. The molecule has 1 aromatic carbocycles. The second kappa shape index (κ2) is 17.1. The lowest BCUT2D eigenvalue weighted by Gasteiger charge is -2.12. The van der Waals surface area contributed by atoms with Gasteiger partial charge in [-0.3, -0.25) is 0 Å². The van der Waals surface area contributed by atoms with E-state index in [0.29, 0.717) is 6.61 Å². The van der Waals surface area contributed by atoms with Crippen LogP contribution < -0.4 is 4.74 Å². The molecular weight excluding hydrogens is 344 g/mol. The maximum atomic E-state index is 9.10. The van der Waals surface area contributed by atoms with Crippen molar-refractivity contribution in [1.29, 1.82) is 0 Å². The number of ether oxygens (including phenoxy) is 1. The third-order valence-electron chi connectivity index (χ3n) is 4.57. The third kappa shape index (κ3) is 10.9. The minimum absolute atomic E-state index is 0.0550. The van der Waals surface area contributed by atoms with E-state index in [0.717, 1.165) is 30.6 Å². The zero-order valence-electron chi connectivity index (χ0n) is 17.6. The van der Waals surface area contributed by atoms with Crippen molar-refractivity contribution in [2.24, 2.45) is 0 Å². The highest BCUT2D eigenvalue weighted by Crippen LogP contribution is 2.26. The number of benzene rings is 1. The Kier molecular flexibility index (Phi) is 14.6. The maximum absolute atomic E-state index is 9.10. The van der Waals surface area contributed by atoms with Crippen molar-refractivity contribution >= 4 is 6.08 Å². The standard InChI is InChI=1S/C26H38O2/c1-3-5-6-7-8-9-10-11-12-13-14-15-16-19-24-20-17-22-26(28-4-2)25(24)21-18-23-27/h3,6-7,9-10,17-18,20-22,27H,1,4-5,8,11-16,19,23H2,2H3/b7-6-,10-9-,21-18+. The summed E-state index contributed by atoms with van der Waals surface area (Å²) in [6, 6.07) is 6.25. The maximum Gasteiger partial charge on any atom is 0.126 e. The molecule has 0 saturated carbocycles. The quantitative estimate of drug-likeness (QED) is 0.245. The molecule has 0 aromatic heterocycles. The normalized spacial score (nSPS) is 11.8. The van der Waals surface area contributed by atoms with E-state index in [1.165, 1.54) is 44.1 Å². The minimum Gasteiger partial charge on any atom is -0.493 e. The lowest BCUT2D eigenvalue weighted by atomic mass is 9.99. The lowest BCUT2D eigenvalue weighted by Crippen LogP contribution is -1.98. The van der Waals surface area contributed by atoms with Crippen molar-refractivity contribution in [2.75, 3.05) is 13.2 Å². The van der Waals surface area contributed by atoms with E-state index in [1.54, 1.807) is 6.08 Å². The third-order valence-corrected chi connectivity index (χ3v) is 4.57. The predicted molar refractivity (Wildman–Crippen MR) is 123 cm³/mol. The van der Waals surface area contributed by atoms with E-state index in [2.05, 4.69) is 43.0 Å². The van der Waals surface area contributed by atoms with Gasteiger partial charge in [-0.15, -0.1) is 6.58 Å². The number of hydrogen-bond donors (Lipinski definition) is 1. The van der Waals surface area contributed by atoms with Gasteiger partial charge in [0.2, 0.25) is 0 Å². The largest absolute Gasteiger partial charge is 0.493 e. The molecular formula is C26H38O2.